The van der Waals surface area contributed by atoms with Crippen molar-refractivity contribution in [2.24, 2.45) is 0 Å². The van der Waals surface area contributed by atoms with Gasteiger partial charge in [-0.1, -0.05) is 39.0 Å². The van der Waals surface area contributed by atoms with Crippen molar-refractivity contribution >= 4 is 23.2 Å². The van der Waals surface area contributed by atoms with Gasteiger partial charge in [-0.25, -0.2) is 0 Å². The summed E-state index contributed by atoms with van der Waals surface area (Å²) < 4.78 is 5.54. The summed E-state index contributed by atoms with van der Waals surface area (Å²) >= 11 is 0. The Balaban J connectivity index is 1.87. The number of nitrogens with one attached hydrogen (secondary N) is 2. The Morgan fingerprint density at radius 2 is 1.58 bits per heavy atom. The molecule has 0 heterocycles. The van der Waals surface area contributed by atoms with Gasteiger partial charge in [0.25, 0.3) is 5.91 Å². The number of benzene rings is 2. The van der Waals surface area contributed by atoms with Crippen LogP contribution in [-0.4, -0.2) is 18.4 Å². The molecule has 2 N–H and O–H groups in total. The van der Waals surface area contributed by atoms with Crippen LogP contribution in [0.1, 0.15) is 45.1 Å². The van der Waals surface area contributed by atoms with Gasteiger partial charge in [0, 0.05) is 17.8 Å². The van der Waals surface area contributed by atoms with Gasteiger partial charge in [-0.05, 0) is 48.2 Å². The highest BCUT2D eigenvalue weighted by Gasteiger charge is 2.07. The van der Waals surface area contributed by atoms with E-state index in [1.165, 1.54) is 5.56 Å². The lowest BCUT2D eigenvalue weighted by molar-refractivity contribution is -0.118. The molecule has 5 nitrogen and oxygen atoms in total. The summed E-state index contributed by atoms with van der Waals surface area (Å²) in [6.07, 6.45) is 1.49. The van der Waals surface area contributed by atoms with Crippen molar-refractivity contribution in [3.05, 3.63) is 54.1 Å². The summed E-state index contributed by atoms with van der Waals surface area (Å²) in [6, 6.07) is 14.9. The third kappa shape index (κ3) is 5.92. The van der Waals surface area contributed by atoms with E-state index < -0.39 is 0 Å². The molecule has 0 unspecified atom stereocenters. The maximum atomic E-state index is 12.1. The van der Waals surface area contributed by atoms with Gasteiger partial charge < -0.3 is 15.4 Å². The summed E-state index contributed by atoms with van der Waals surface area (Å²) in [7, 11) is 0. The average molecular weight is 354 g/mol. The molecule has 0 saturated heterocycles. The Bertz CT molecular complexity index is 741. The van der Waals surface area contributed by atoms with Crippen molar-refractivity contribution < 1.29 is 14.3 Å². The predicted octanol–water partition coefficient (Wildman–Crippen LogP) is 4.57. The normalized spacial score (nSPS) is 11.5. The predicted molar refractivity (Wildman–Crippen MR) is 105 cm³/mol. The van der Waals surface area contributed by atoms with Crippen molar-refractivity contribution in [3.8, 4) is 5.75 Å². The fraction of sp³-hybridized carbons (Fsp3) is 0.333. The molecule has 2 aromatic rings. The fourth-order valence-electron chi connectivity index (χ4n) is 2.40. The number of hydrogen-bond donors (Lipinski definition) is 2. The van der Waals surface area contributed by atoms with Gasteiger partial charge >= 0.3 is 0 Å². The molecule has 0 aromatic heterocycles. The Labute approximate surface area is 154 Å². The highest BCUT2D eigenvalue weighted by Crippen LogP contribution is 2.21. The molecule has 5 heteroatoms. The van der Waals surface area contributed by atoms with Crippen molar-refractivity contribution in [2.75, 3.05) is 17.2 Å². The molecule has 1 atom stereocenters. The maximum Gasteiger partial charge on any atom is 0.262 e. The first-order chi connectivity index (χ1) is 12.5. The third-order valence-electron chi connectivity index (χ3n) is 4.18. The molecule has 138 valence electrons. The number of amides is 2. The monoisotopic (exact) mass is 354 g/mol. The van der Waals surface area contributed by atoms with E-state index in [9.17, 15) is 9.59 Å². The lowest BCUT2D eigenvalue weighted by atomic mass is 9.99. The number of ether oxygens (including phenoxy) is 1. The lowest BCUT2D eigenvalue weighted by Crippen LogP contribution is -2.20. The lowest BCUT2D eigenvalue weighted by Gasteiger charge is -2.11. The summed E-state index contributed by atoms with van der Waals surface area (Å²) in [5, 5.41) is 5.53. The van der Waals surface area contributed by atoms with E-state index in [4.69, 9.17) is 4.74 Å². The van der Waals surface area contributed by atoms with E-state index in [0.717, 1.165) is 6.42 Å². The third-order valence-corrected chi connectivity index (χ3v) is 4.18. The number of rotatable bonds is 8. The Morgan fingerprint density at radius 1 is 0.962 bits per heavy atom. The molecule has 2 rings (SSSR count). The Kier molecular flexibility index (Phi) is 7.21. The van der Waals surface area contributed by atoms with Crippen LogP contribution in [0.4, 0.5) is 11.4 Å². The molecule has 0 radical (unpaired) electrons. The van der Waals surface area contributed by atoms with Crippen LogP contribution in [-0.2, 0) is 9.59 Å². The van der Waals surface area contributed by atoms with Crippen LogP contribution in [0.25, 0.3) is 0 Å². The minimum atomic E-state index is -0.255. The van der Waals surface area contributed by atoms with Crippen molar-refractivity contribution in [2.45, 2.75) is 39.5 Å². The zero-order valence-electron chi connectivity index (χ0n) is 15.5. The number of hydrogen-bond acceptors (Lipinski definition) is 3. The van der Waals surface area contributed by atoms with Crippen LogP contribution in [0.15, 0.2) is 48.5 Å². The van der Waals surface area contributed by atoms with E-state index >= 15 is 0 Å². The molecule has 0 aliphatic rings. The van der Waals surface area contributed by atoms with E-state index in [-0.39, 0.29) is 18.4 Å². The number of carbonyl (C=O) groups is 2. The Hall–Kier alpha value is -2.82. The molecule has 2 aromatic carbocycles. The van der Waals surface area contributed by atoms with Crippen molar-refractivity contribution in [1.82, 2.24) is 0 Å². The second kappa shape index (κ2) is 9.61. The van der Waals surface area contributed by atoms with Gasteiger partial charge in [0.05, 0.1) is 0 Å². The van der Waals surface area contributed by atoms with Gasteiger partial charge in [0.15, 0.2) is 6.61 Å². The van der Waals surface area contributed by atoms with Crippen LogP contribution in [0.2, 0.25) is 0 Å². The molecule has 0 saturated carbocycles. The quantitative estimate of drug-likeness (QED) is 0.730. The zero-order valence-corrected chi connectivity index (χ0v) is 15.5. The standard InChI is InChI=1S/C21H26N2O3/c1-4-15(3)16-9-11-19(12-10-16)26-14-21(25)23-18-8-6-7-17(13-18)22-20(24)5-2/h6-13,15H,4-5,14H2,1-3H3,(H,22,24)(H,23,25)/t15-/m1/s1. The smallest absolute Gasteiger partial charge is 0.262 e. The van der Waals surface area contributed by atoms with E-state index in [2.05, 4.69) is 24.5 Å². The molecule has 0 fully saturated rings. The molecule has 0 spiro atoms. The molecule has 0 aliphatic carbocycles. The van der Waals surface area contributed by atoms with Crippen LogP contribution >= 0.6 is 0 Å². The summed E-state index contributed by atoms with van der Waals surface area (Å²) in [5.74, 6) is 0.844. The average Bonchev–Trinajstić information content (AvgIpc) is 2.66. The Morgan fingerprint density at radius 3 is 2.15 bits per heavy atom. The van der Waals surface area contributed by atoms with Gasteiger partial charge in [0.2, 0.25) is 5.91 Å². The first kappa shape index (κ1) is 19.5. The molecular weight excluding hydrogens is 328 g/mol. The van der Waals surface area contributed by atoms with Crippen molar-refractivity contribution in [3.63, 3.8) is 0 Å². The van der Waals surface area contributed by atoms with E-state index in [1.54, 1.807) is 31.2 Å². The minimum absolute atomic E-state index is 0.0716. The SMILES string of the molecule is CCC(=O)Nc1cccc(NC(=O)COc2ccc([C@H](C)CC)cc2)c1. The molecule has 2 amide bonds. The highest BCUT2D eigenvalue weighted by atomic mass is 16.5. The topological polar surface area (TPSA) is 67.4 Å². The van der Waals surface area contributed by atoms with Gasteiger partial charge in [-0.2, -0.15) is 0 Å². The largest absolute Gasteiger partial charge is 0.484 e. The summed E-state index contributed by atoms with van der Waals surface area (Å²) in [4.78, 5) is 23.5. The second-order valence-electron chi connectivity index (χ2n) is 6.20. The molecule has 26 heavy (non-hydrogen) atoms. The van der Waals surface area contributed by atoms with Crippen LogP contribution < -0.4 is 15.4 Å². The molecular formula is C21H26N2O3. The van der Waals surface area contributed by atoms with Crippen LogP contribution in [0.3, 0.4) is 0 Å². The summed E-state index contributed by atoms with van der Waals surface area (Å²) in [5.41, 5.74) is 2.52. The maximum absolute atomic E-state index is 12.1. The highest BCUT2D eigenvalue weighted by molar-refractivity contribution is 5.94. The first-order valence-electron chi connectivity index (χ1n) is 8.94. The number of carbonyl (C=O) groups excluding carboxylic acids is 2. The van der Waals surface area contributed by atoms with Gasteiger partial charge in [0.1, 0.15) is 5.75 Å². The zero-order chi connectivity index (χ0) is 18.9. The number of anilines is 2. The summed E-state index contributed by atoms with van der Waals surface area (Å²) in [6.45, 7) is 6.05. The van der Waals surface area contributed by atoms with E-state index in [0.29, 0.717) is 29.5 Å². The fourth-order valence-corrected chi connectivity index (χ4v) is 2.40. The van der Waals surface area contributed by atoms with Gasteiger partial charge in [-0.3, -0.25) is 9.59 Å². The second-order valence-corrected chi connectivity index (χ2v) is 6.20. The van der Waals surface area contributed by atoms with Crippen molar-refractivity contribution in [1.29, 1.82) is 0 Å². The molecule has 0 aliphatic heterocycles. The first-order valence-corrected chi connectivity index (χ1v) is 8.94. The minimum Gasteiger partial charge on any atom is -0.484 e. The van der Waals surface area contributed by atoms with Crippen LogP contribution in [0, 0.1) is 0 Å². The molecule has 0 bridgehead atoms. The van der Waals surface area contributed by atoms with E-state index in [1.807, 2.05) is 24.3 Å². The van der Waals surface area contributed by atoms with Crippen LogP contribution in [0.5, 0.6) is 5.75 Å². The van der Waals surface area contributed by atoms with Gasteiger partial charge in [-0.15, -0.1) is 0 Å².